The Bertz CT molecular complexity index is 722. The largest absolute Gasteiger partial charge is 0.286 e. The first-order valence-corrected chi connectivity index (χ1v) is 10.2. The molecule has 2 aromatic carbocycles. The summed E-state index contributed by atoms with van der Waals surface area (Å²) in [6.07, 6.45) is 9.54. The lowest BCUT2D eigenvalue weighted by Crippen LogP contribution is -2.43. The number of hydrogen-bond donors (Lipinski definition) is 1. The van der Waals surface area contributed by atoms with Crippen LogP contribution >= 0.6 is 0 Å². The van der Waals surface area contributed by atoms with Crippen LogP contribution in [0.15, 0.2) is 42.5 Å². The summed E-state index contributed by atoms with van der Waals surface area (Å²) in [5, 5.41) is 13.7. The van der Waals surface area contributed by atoms with Gasteiger partial charge in [0, 0.05) is 6.42 Å². The third-order valence-corrected chi connectivity index (χ3v) is 5.73. The maximum absolute atomic E-state index is 12.4. The van der Waals surface area contributed by atoms with Crippen molar-refractivity contribution in [1.82, 2.24) is 5.06 Å². The quantitative estimate of drug-likeness (QED) is 0.463. The Hall–Kier alpha value is -1.87. The highest BCUT2D eigenvalue weighted by molar-refractivity contribution is 5.87. The van der Waals surface area contributed by atoms with Crippen molar-refractivity contribution >= 4 is 16.7 Å². The average Bonchev–Trinajstić information content (AvgIpc) is 2.67. The molecule has 0 aliphatic carbocycles. The first kappa shape index (κ1) is 18.9. The van der Waals surface area contributed by atoms with Crippen LogP contribution < -0.4 is 0 Å². The van der Waals surface area contributed by atoms with Crippen molar-refractivity contribution in [3.63, 3.8) is 0 Å². The predicted octanol–water partition coefficient (Wildman–Crippen LogP) is 6.05. The molecule has 0 spiro atoms. The van der Waals surface area contributed by atoms with Crippen molar-refractivity contribution in [3.05, 3.63) is 48.0 Å². The van der Waals surface area contributed by atoms with E-state index in [0.29, 0.717) is 6.42 Å². The Morgan fingerprint density at radius 1 is 1.00 bits per heavy atom. The van der Waals surface area contributed by atoms with Gasteiger partial charge < -0.3 is 0 Å². The van der Waals surface area contributed by atoms with E-state index in [1.165, 1.54) is 48.4 Å². The molecular weight excluding hydrogens is 322 g/mol. The first-order valence-electron chi connectivity index (χ1n) is 10.2. The highest BCUT2D eigenvalue weighted by Crippen LogP contribution is 2.36. The predicted molar refractivity (Wildman–Crippen MR) is 106 cm³/mol. The van der Waals surface area contributed by atoms with Crippen LogP contribution in [-0.2, 0) is 4.79 Å². The summed E-state index contributed by atoms with van der Waals surface area (Å²) in [7, 11) is 0. The van der Waals surface area contributed by atoms with E-state index in [2.05, 4.69) is 49.4 Å². The van der Waals surface area contributed by atoms with Crippen LogP contribution in [0.25, 0.3) is 10.8 Å². The lowest BCUT2D eigenvalue weighted by Gasteiger charge is -2.35. The van der Waals surface area contributed by atoms with Crippen LogP contribution in [0.4, 0.5) is 0 Å². The summed E-state index contributed by atoms with van der Waals surface area (Å²) in [4.78, 5) is 12.4. The van der Waals surface area contributed by atoms with Crippen molar-refractivity contribution in [2.24, 2.45) is 0 Å². The van der Waals surface area contributed by atoms with Crippen LogP contribution in [0, 0.1) is 0 Å². The van der Waals surface area contributed by atoms with Crippen LogP contribution in [0.5, 0.6) is 0 Å². The summed E-state index contributed by atoms with van der Waals surface area (Å²) in [5.41, 5.74) is 1.25. The van der Waals surface area contributed by atoms with Gasteiger partial charge in [-0.05, 0) is 35.1 Å². The van der Waals surface area contributed by atoms with Crippen molar-refractivity contribution in [2.45, 2.75) is 76.7 Å². The molecule has 3 nitrogen and oxygen atoms in total. The molecule has 140 valence electrons. The summed E-state index contributed by atoms with van der Waals surface area (Å²) < 4.78 is 0. The van der Waals surface area contributed by atoms with Crippen LogP contribution in [0.2, 0.25) is 0 Å². The number of piperidine rings is 1. The van der Waals surface area contributed by atoms with Crippen molar-refractivity contribution in [1.29, 1.82) is 0 Å². The Labute approximate surface area is 157 Å². The Morgan fingerprint density at radius 2 is 1.73 bits per heavy atom. The fraction of sp³-hybridized carbons (Fsp3) is 0.522. The number of rotatable bonds is 8. The van der Waals surface area contributed by atoms with Gasteiger partial charge in [-0.1, -0.05) is 87.9 Å². The van der Waals surface area contributed by atoms with E-state index in [1.807, 2.05) is 0 Å². The Morgan fingerprint density at radius 3 is 2.58 bits per heavy atom. The van der Waals surface area contributed by atoms with Crippen LogP contribution in [-0.4, -0.2) is 22.2 Å². The molecule has 1 heterocycles. The second-order valence-electron chi connectivity index (χ2n) is 7.65. The molecule has 1 aliphatic heterocycles. The zero-order chi connectivity index (χ0) is 18.4. The third kappa shape index (κ3) is 4.45. The van der Waals surface area contributed by atoms with Gasteiger partial charge >= 0.3 is 0 Å². The Kier molecular flexibility index (Phi) is 6.67. The molecule has 0 radical (unpaired) electrons. The van der Waals surface area contributed by atoms with Gasteiger partial charge in [0.25, 0.3) is 0 Å². The van der Waals surface area contributed by atoms with E-state index in [1.54, 1.807) is 0 Å². The van der Waals surface area contributed by atoms with Gasteiger partial charge in [-0.25, -0.2) is 5.06 Å². The molecule has 1 saturated heterocycles. The molecule has 26 heavy (non-hydrogen) atoms. The van der Waals surface area contributed by atoms with Gasteiger partial charge in [0.2, 0.25) is 5.91 Å². The molecule has 0 aromatic heterocycles. The minimum Gasteiger partial charge on any atom is -0.286 e. The number of amides is 1. The van der Waals surface area contributed by atoms with E-state index in [4.69, 9.17) is 0 Å². The second-order valence-corrected chi connectivity index (χ2v) is 7.65. The van der Waals surface area contributed by atoms with Gasteiger partial charge in [-0.3, -0.25) is 10.0 Å². The smallest absolute Gasteiger partial charge is 0.246 e. The number of hydroxylamine groups is 2. The molecule has 1 fully saturated rings. The third-order valence-electron chi connectivity index (χ3n) is 5.73. The zero-order valence-corrected chi connectivity index (χ0v) is 15.9. The van der Waals surface area contributed by atoms with E-state index in [-0.39, 0.29) is 17.9 Å². The number of carbonyl (C=O) groups is 1. The summed E-state index contributed by atoms with van der Waals surface area (Å²) in [5.74, 6) is 0.0623. The number of unbranched alkanes of at least 4 members (excludes halogenated alkanes) is 5. The maximum atomic E-state index is 12.4. The number of fused-ring (bicyclic) bond motifs is 1. The molecule has 0 bridgehead atoms. The number of benzene rings is 2. The maximum Gasteiger partial charge on any atom is 0.246 e. The van der Waals surface area contributed by atoms with Crippen molar-refractivity contribution in [3.8, 4) is 0 Å². The van der Waals surface area contributed by atoms with Gasteiger partial charge in [-0.15, -0.1) is 0 Å². The SMILES string of the molecule is CCCCCCCC[C@H]1C[C@H](c2cccc3ccccc23)CC(=O)N1O. The number of carbonyl (C=O) groups excluding carboxylic acids is 1. The molecular formula is C23H31NO2. The average molecular weight is 354 g/mol. The highest BCUT2D eigenvalue weighted by atomic mass is 16.5. The van der Waals surface area contributed by atoms with Gasteiger partial charge in [-0.2, -0.15) is 0 Å². The topological polar surface area (TPSA) is 40.5 Å². The standard InChI is InChI=1S/C23H31NO2/c1-2-3-4-5-6-7-13-20-16-19(17-23(25)24(20)26)22-15-10-12-18-11-8-9-14-21(18)22/h8-12,14-15,19-20,26H,2-7,13,16-17H2,1H3/t19-,20-/m0/s1. The molecule has 1 N–H and O–H groups in total. The molecule has 1 aliphatic rings. The van der Waals surface area contributed by atoms with Gasteiger partial charge in [0.15, 0.2) is 0 Å². The second kappa shape index (κ2) is 9.18. The van der Waals surface area contributed by atoms with E-state index < -0.39 is 0 Å². The summed E-state index contributed by atoms with van der Waals surface area (Å²) in [6, 6.07) is 14.7. The van der Waals surface area contributed by atoms with E-state index in [9.17, 15) is 10.0 Å². The summed E-state index contributed by atoms with van der Waals surface area (Å²) in [6.45, 7) is 2.23. The fourth-order valence-corrected chi connectivity index (χ4v) is 4.26. The molecule has 3 heteroatoms. The lowest BCUT2D eigenvalue weighted by molar-refractivity contribution is -0.184. The number of hydrogen-bond acceptors (Lipinski definition) is 2. The molecule has 0 saturated carbocycles. The monoisotopic (exact) mass is 353 g/mol. The molecule has 2 atom stereocenters. The molecule has 2 aromatic rings. The first-order chi connectivity index (χ1) is 12.7. The minimum atomic E-state index is -0.134. The number of nitrogens with zero attached hydrogens (tertiary/aromatic N) is 1. The van der Waals surface area contributed by atoms with Crippen molar-refractivity contribution < 1.29 is 10.0 Å². The van der Waals surface area contributed by atoms with Gasteiger partial charge in [0.05, 0.1) is 6.04 Å². The summed E-state index contributed by atoms with van der Waals surface area (Å²) >= 11 is 0. The molecule has 0 unspecified atom stereocenters. The molecule has 3 rings (SSSR count). The van der Waals surface area contributed by atoms with Gasteiger partial charge in [0.1, 0.15) is 0 Å². The van der Waals surface area contributed by atoms with E-state index >= 15 is 0 Å². The van der Waals surface area contributed by atoms with E-state index in [0.717, 1.165) is 24.3 Å². The molecule has 1 amide bonds. The Balaban J connectivity index is 1.66. The fourth-order valence-electron chi connectivity index (χ4n) is 4.26. The normalized spacial score (nSPS) is 20.7. The van der Waals surface area contributed by atoms with Crippen LogP contribution in [0.1, 0.15) is 76.2 Å². The van der Waals surface area contributed by atoms with Crippen LogP contribution in [0.3, 0.4) is 0 Å². The minimum absolute atomic E-state index is 0.0496. The highest BCUT2D eigenvalue weighted by Gasteiger charge is 2.34. The van der Waals surface area contributed by atoms with Crippen molar-refractivity contribution in [2.75, 3.05) is 0 Å². The lowest BCUT2D eigenvalue weighted by atomic mass is 9.82. The zero-order valence-electron chi connectivity index (χ0n) is 15.9.